The number of hydrogen-bond acceptors (Lipinski definition) is 2. The summed E-state index contributed by atoms with van der Waals surface area (Å²) in [5, 5.41) is 8.86. The van der Waals surface area contributed by atoms with E-state index >= 15 is 0 Å². The van der Waals surface area contributed by atoms with Crippen molar-refractivity contribution in [1.82, 2.24) is 4.79 Å². The first-order valence-corrected chi connectivity index (χ1v) is 4.57. The maximum atomic E-state index is 13.5. The number of aromatic carboxylic acids is 1. The molecule has 1 aromatic heterocycles. The van der Waals surface area contributed by atoms with Crippen LogP contribution in [0.2, 0.25) is 0 Å². The quantitative estimate of drug-likeness (QED) is 0.852. The van der Waals surface area contributed by atoms with Crippen molar-refractivity contribution in [3.8, 4) is 0 Å². The Morgan fingerprint density at radius 3 is 2.65 bits per heavy atom. The molecule has 0 bridgehead atoms. The number of rotatable bonds is 1. The van der Waals surface area contributed by atoms with Gasteiger partial charge < -0.3 is 5.11 Å². The third kappa shape index (κ3) is 2.01. The van der Waals surface area contributed by atoms with E-state index in [1.54, 1.807) is 19.1 Å². The summed E-state index contributed by atoms with van der Waals surface area (Å²) in [5.41, 5.74) is -0.592. The molecule has 17 heavy (non-hydrogen) atoms. The normalized spacial score (nSPS) is 10.0. The smallest absolute Gasteiger partial charge is 0.341 e. The van der Waals surface area contributed by atoms with Crippen molar-refractivity contribution in [2.45, 2.75) is 6.92 Å². The van der Waals surface area contributed by atoms with Crippen molar-refractivity contribution in [2.75, 3.05) is 0 Å². The van der Waals surface area contributed by atoms with Crippen molar-refractivity contribution >= 4 is 29.3 Å². The van der Waals surface area contributed by atoms with Gasteiger partial charge in [0.15, 0.2) is 0 Å². The summed E-state index contributed by atoms with van der Waals surface area (Å²) in [6.07, 6.45) is 0.687. The lowest BCUT2D eigenvalue weighted by molar-refractivity contribution is 0.0693. The summed E-state index contributed by atoms with van der Waals surface area (Å²) in [4.78, 5) is 22.7. The van der Waals surface area contributed by atoms with Gasteiger partial charge in [-0.3, -0.25) is 4.79 Å². The van der Waals surface area contributed by atoms with Crippen LogP contribution >= 0.6 is 12.4 Å². The zero-order valence-electron chi connectivity index (χ0n) is 8.81. The zero-order valence-corrected chi connectivity index (χ0v) is 9.62. The maximum absolute atomic E-state index is 13.5. The van der Waals surface area contributed by atoms with Gasteiger partial charge in [0.05, 0.1) is 17.1 Å². The van der Waals surface area contributed by atoms with Gasteiger partial charge in [0, 0.05) is 0 Å². The monoisotopic (exact) mass is 257 g/mol. The Kier molecular flexibility index (Phi) is 3.53. The summed E-state index contributed by atoms with van der Waals surface area (Å²) in [6.45, 7) is 1.63. The molecule has 1 N–H and O–H groups in total. The topological polar surface area (TPSA) is 59.3 Å². The molecule has 2 aromatic rings. The first-order chi connectivity index (χ1) is 7.52. The fraction of sp³-hybridized carbons (Fsp3) is 0.0909. The SMILES string of the molecule is Cc1cccc2c1c(=O)c(C(=O)O)cn2F.Cl. The summed E-state index contributed by atoms with van der Waals surface area (Å²) >= 11 is 0. The molecule has 4 nitrogen and oxygen atoms in total. The van der Waals surface area contributed by atoms with E-state index in [0.29, 0.717) is 11.8 Å². The molecule has 0 aliphatic rings. The number of halogens is 2. The van der Waals surface area contributed by atoms with Crippen molar-refractivity contribution in [3.63, 3.8) is 0 Å². The van der Waals surface area contributed by atoms with E-state index in [1.165, 1.54) is 6.07 Å². The summed E-state index contributed by atoms with van der Waals surface area (Å²) < 4.78 is 13.5. The highest BCUT2D eigenvalue weighted by Crippen LogP contribution is 2.15. The van der Waals surface area contributed by atoms with E-state index in [2.05, 4.69) is 0 Å². The minimum atomic E-state index is -1.43. The first-order valence-electron chi connectivity index (χ1n) is 4.57. The van der Waals surface area contributed by atoms with Gasteiger partial charge in [-0.2, -0.15) is 4.79 Å². The van der Waals surface area contributed by atoms with E-state index in [0.717, 1.165) is 0 Å². The predicted molar refractivity (Wildman–Crippen MR) is 63.7 cm³/mol. The van der Waals surface area contributed by atoms with E-state index in [-0.39, 0.29) is 28.1 Å². The molecule has 0 spiro atoms. The van der Waals surface area contributed by atoms with E-state index in [1.807, 2.05) is 0 Å². The molecule has 0 unspecified atom stereocenters. The number of benzene rings is 1. The molecule has 0 atom stereocenters. The number of carboxylic acid groups (broad SMARTS) is 1. The number of carbonyl (C=O) groups is 1. The van der Waals surface area contributed by atoms with Gasteiger partial charge >= 0.3 is 5.97 Å². The van der Waals surface area contributed by atoms with Gasteiger partial charge in [-0.05, 0) is 18.6 Å². The molecule has 0 aliphatic carbocycles. The van der Waals surface area contributed by atoms with Crippen LogP contribution in [0.3, 0.4) is 0 Å². The third-order valence-corrected chi connectivity index (χ3v) is 2.43. The Labute approximate surface area is 102 Å². The molecule has 1 heterocycles. The Bertz CT molecular complexity index is 651. The molecule has 0 fully saturated rings. The first kappa shape index (κ1) is 13.2. The highest BCUT2D eigenvalue weighted by molar-refractivity contribution is 5.93. The largest absolute Gasteiger partial charge is 0.477 e. The fourth-order valence-electron chi connectivity index (χ4n) is 1.65. The molecule has 0 radical (unpaired) electrons. The number of carboxylic acids is 1. The summed E-state index contributed by atoms with van der Waals surface area (Å²) in [5.74, 6) is -1.43. The van der Waals surface area contributed by atoms with Crippen molar-refractivity contribution in [1.29, 1.82) is 0 Å². The Morgan fingerprint density at radius 2 is 2.06 bits per heavy atom. The van der Waals surface area contributed by atoms with Gasteiger partial charge in [0.1, 0.15) is 5.56 Å². The average molecular weight is 258 g/mol. The lowest BCUT2D eigenvalue weighted by Crippen LogP contribution is -2.17. The number of hydrogen-bond donors (Lipinski definition) is 1. The molecule has 1 aromatic carbocycles. The zero-order chi connectivity index (χ0) is 11.9. The second-order valence-electron chi connectivity index (χ2n) is 3.46. The number of aryl methyl sites for hydroxylation is 1. The third-order valence-electron chi connectivity index (χ3n) is 2.43. The number of fused-ring (bicyclic) bond motifs is 1. The average Bonchev–Trinajstić information content (AvgIpc) is 2.22. The van der Waals surface area contributed by atoms with Crippen LogP contribution in [0.1, 0.15) is 15.9 Å². The second-order valence-corrected chi connectivity index (χ2v) is 3.46. The molecule has 6 heteroatoms. The Hall–Kier alpha value is -1.88. The number of aromatic nitrogens is 1. The number of pyridine rings is 1. The summed E-state index contributed by atoms with van der Waals surface area (Å²) in [6, 6.07) is 4.67. The molecular formula is C11H9ClFNO3. The molecule has 90 valence electrons. The van der Waals surface area contributed by atoms with Gasteiger partial charge in [-0.15, -0.1) is 12.4 Å². The van der Waals surface area contributed by atoms with Gasteiger partial charge in [0.25, 0.3) is 0 Å². The highest BCUT2D eigenvalue weighted by atomic mass is 35.5. The highest BCUT2D eigenvalue weighted by Gasteiger charge is 2.15. The minimum absolute atomic E-state index is 0. The lowest BCUT2D eigenvalue weighted by Gasteiger charge is -2.05. The van der Waals surface area contributed by atoms with Crippen LogP contribution in [0.25, 0.3) is 10.9 Å². The molecule has 0 saturated heterocycles. The van der Waals surface area contributed by atoms with Crippen LogP contribution in [0.4, 0.5) is 4.48 Å². The van der Waals surface area contributed by atoms with E-state index in [9.17, 15) is 14.1 Å². The Morgan fingerprint density at radius 1 is 1.41 bits per heavy atom. The number of nitrogens with zero attached hydrogens (tertiary/aromatic N) is 1. The predicted octanol–water partition coefficient (Wildman–Crippen LogP) is 2.16. The summed E-state index contributed by atoms with van der Waals surface area (Å²) in [7, 11) is 0. The van der Waals surface area contributed by atoms with Gasteiger partial charge in [-0.1, -0.05) is 16.6 Å². The standard InChI is InChI=1S/C11H8FNO3.ClH/c1-6-3-2-4-8-9(6)10(14)7(11(15)16)5-13(8)12;/h2-5H,1H3,(H,15,16);1H. The van der Waals surface area contributed by atoms with Crippen LogP contribution in [0.5, 0.6) is 0 Å². The Balaban J connectivity index is 0.00000144. The maximum Gasteiger partial charge on any atom is 0.341 e. The molecule has 0 amide bonds. The van der Waals surface area contributed by atoms with Crippen LogP contribution in [0, 0.1) is 6.92 Å². The molecule has 0 aliphatic heterocycles. The van der Waals surface area contributed by atoms with Crippen LogP contribution in [-0.2, 0) is 0 Å². The fourth-order valence-corrected chi connectivity index (χ4v) is 1.65. The van der Waals surface area contributed by atoms with Crippen molar-refractivity contribution in [2.24, 2.45) is 0 Å². The van der Waals surface area contributed by atoms with Gasteiger partial charge in [-0.25, -0.2) is 4.79 Å². The second kappa shape index (κ2) is 4.55. The minimum Gasteiger partial charge on any atom is -0.477 e. The lowest BCUT2D eigenvalue weighted by atomic mass is 10.1. The molecule has 2 rings (SSSR count). The molecular weight excluding hydrogens is 249 g/mol. The van der Waals surface area contributed by atoms with Crippen LogP contribution < -0.4 is 5.43 Å². The van der Waals surface area contributed by atoms with Crippen molar-refractivity contribution < 1.29 is 14.4 Å². The van der Waals surface area contributed by atoms with Crippen LogP contribution in [0.15, 0.2) is 29.2 Å². The van der Waals surface area contributed by atoms with Gasteiger partial charge in [0.2, 0.25) is 5.43 Å². The van der Waals surface area contributed by atoms with Crippen molar-refractivity contribution in [3.05, 3.63) is 45.7 Å². The van der Waals surface area contributed by atoms with E-state index < -0.39 is 17.0 Å². The van der Waals surface area contributed by atoms with E-state index in [4.69, 9.17) is 5.11 Å². The molecule has 0 saturated carbocycles. The van der Waals surface area contributed by atoms with Crippen LogP contribution in [-0.4, -0.2) is 15.9 Å².